The Kier molecular flexibility index (Phi) is 9.02. The van der Waals surface area contributed by atoms with Crippen LogP contribution in [0.2, 0.25) is 0 Å². The summed E-state index contributed by atoms with van der Waals surface area (Å²) >= 11 is 0. The molecule has 0 aliphatic rings. The third-order valence-electron chi connectivity index (χ3n) is 1.03. The quantitative estimate of drug-likeness (QED) is 0.638. The Morgan fingerprint density at radius 3 is 1.36 bits per heavy atom. The molecule has 0 fully saturated rings. The van der Waals surface area contributed by atoms with Crippen LogP contribution in [-0.4, -0.2) is 22.2 Å². The van der Waals surface area contributed by atoms with Crippen LogP contribution in [0.25, 0.3) is 0 Å². The molecule has 0 radical (unpaired) electrons. The second-order valence-electron chi connectivity index (χ2n) is 1.99. The minimum absolute atomic E-state index is 0. The SMILES string of the molecule is O=C(O)CCCCC(=O)O.[Cr]. The van der Waals surface area contributed by atoms with Crippen molar-refractivity contribution in [2.45, 2.75) is 25.7 Å². The number of hydrogen-bond donors (Lipinski definition) is 2. The van der Waals surface area contributed by atoms with Gasteiger partial charge in [0.05, 0.1) is 0 Å². The predicted octanol–water partition coefficient (Wildman–Crippen LogP) is 0.714. The minimum Gasteiger partial charge on any atom is -0.481 e. The van der Waals surface area contributed by atoms with E-state index in [0.717, 1.165) is 0 Å². The molecule has 2 N–H and O–H groups in total. The van der Waals surface area contributed by atoms with Gasteiger partial charge in [-0.1, -0.05) is 0 Å². The predicted molar refractivity (Wildman–Crippen MR) is 33.7 cm³/mol. The van der Waals surface area contributed by atoms with Crippen molar-refractivity contribution >= 4 is 11.9 Å². The molecule has 0 unspecified atom stereocenters. The number of unbranched alkanes of at least 4 members (excludes halogenated alkanes) is 1. The maximum Gasteiger partial charge on any atom is 0.303 e. The van der Waals surface area contributed by atoms with Crippen LogP contribution in [0.15, 0.2) is 0 Å². The van der Waals surface area contributed by atoms with Crippen molar-refractivity contribution in [3.05, 3.63) is 0 Å². The summed E-state index contributed by atoms with van der Waals surface area (Å²) in [5.41, 5.74) is 0. The molecule has 0 aromatic heterocycles. The van der Waals surface area contributed by atoms with E-state index in [-0.39, 0.29) is 30.2 Å². The first-order valence-electron chi connectivity index (χ1n) is 3.06. The fraction of sp³-hybridized carbons (Fsp3) is 0.667. The topological polar surface area (TPSA) is 74.6 Å². The molecule has 0 saturated carbocycles. The largest absolute Gasteiger partial charge is 0.481 e. The van der Waals surface area contributed by atoms with Crippen molar-refractivity contribution in [1.29, 1.82) is 0 Å². The summed E-state index contributed by atoms with van der Waals surface area (Å²) in [5, 5.41) is 16.3. The summed E-state index contributed by atoms with van der Waals surface area (Å²) in [7, 11) is 0. The van der Waals surface area contributed by atoms with E-state index < -0.39 is 11.9 Å². The van der Waals surface area contributed by atoms with Crippen LogP contribution in [0.1, 0.15) is 25.7 Å². The molecule has 0 rings (SSSR count). The van der Waals surface area contributed by atoms with Crippen molar-refractivity contribution in [2.24, 2.45) is 0 Å². The van der Waals surface area contributed by atoms with Crippen molar-refractivity contribution in [2.75, 3.05) is 0 Å². The third-order valence-corrected chi connectivity index (χ3v) is 1.03. The average Bonchev–Trinajstić information content (AvgIpc) is 1.79. The molecular weight excluding hydrogens is 188 g/mol. The van der Waals surface area contributed by atoms with Crippen LogP contribution in [0.5, 0.6) is 0 Å². The van der Waals surface area contributed by atoms with Gasteiger partial charge in [0.25, 0.3) is 0 Å². The summed E-state index contributed by atoms with van der Waals surface area (Å²) in [5.74, 6) is -1.74. The van der Waals surface area contributed by atoms with E-state index in [1.54, 1.807) is 0 Å². The van der Waals surface area contributed by atoms with Gasteiger partial charge in [-0.3, -0.25) is 9.59 Å². The molecule has 0 aliphatic heterocycles. The van der Waals surface area contributed by atoms with E-state index >= 15 is 0 Å². The molecule has 0 atom stereocenters. The third kappa shape index (κ3) is 12.6. The summed E-state index contributed by atoms with van der Waals surface area (Å²) in [6, 6.07) is 0. The van der Waals surface area contributed by atoms with Gasteiger partial charge in [0.2, 0.25) is 0 Å². The summed E-state index contributed by atoms with van der Waals surface area (Å²) in [4.78, 5) is 19.8. The van der Waals surface area contributed by atoms with Crippen LogP contribution in [-0.2, 0) is 27.0 Å². The van der Waals surface area contributed by atoms with Crippen LogP contribution in [0.3, 0.4) is 0 Å². The molecular formula is C6H10CrO4. The molecule has 0 aromatic rings. The molecule has 5 heteroatoms. The fourth-order valence-electron chi connectivity index (χ4n) is 0.552. The van der Waals surface area contributed by atoms with Crippen molar-refractivity contribution in [3.63, 3.8) is 0 Å². The number of hydrogen-bond acceptors (Lipinski definition) is 2. The van der Waals surface area contributed by atoms with Crippen molar-refractivity contribution in [1.82, 2.24) is 0 Å². The van der Waals surface area contributed by atoms with Gasteiger partial charge in [0.15, 0.2) is 0 Å². The van der Waals surface area contributed by atoms with E-state index in [1.807, 2.05) is 0 Å². The number of carboxylic acid groups (broad SMARTS) is 2. The molecule has 4 nitrogen and oxygen atoms in total. The van der Waals surface area contributed by atoms with Gasteiger partial charge in [-0.25, -0.2) is 0 Å². The zero-order valence-electron chi connectivity index (χ0n) is 5.95. The molecule has 11 heavy (non-hydrogen) atoms. The normalized spacial score (nSPS) is 8.36. The molecule has 0 bridgehead atoms. The zero-order valence-corrected chi connectivity index (χ0v) is 7.22. The van der Waals surface area contributed by atoms with Crippen LogP contribution in [0.4, 0.5) is 0 Å². The minimum atomic E-state index is -0.870. The Hall–Kier alpha value is -0.528. The molecule has 0 aliphatic carbocycles. The van der Waals surface area contributed by atoms with E-state index in [2.05, 4.69) is 0 Å². The number of carboxylic acids is 2. The second-order valence-corrected chi connectivity index (χ2v) is 1.99. The molecule has 0 heterocycles. The summed E-state index contributed by atoms with van der Waals surface area (Å²) in [6.07, 6.45) is 1.02. The van der Waals surface area contributed by atoms with Gasteiger partial charge in [-0.15, -0.1) is 0 Å². The van der Waals surface area contributed by atoms with E-state index in [1.165, 1.54) is 0 Å². The van der Waals surface area contributed by atoms with Gasteiger partial charge in [0, 0.05) is 30.2 Å². The Balaban J connectivity index is 0. The van der Waals surface area contributed by atoms with Gasteiger partial charge in [-0.2, -0.15) is 0 Å². The number of aliphatic carboxylic acids is 2. The van der Waals surface area contributed by atoms with Crippen LogP contribution in [0, 0.1) is 0 Å². The van der Waals surface area contributed by atoms with Gasteiger partial charge in [0.1, 0.15) is 0 Å². The first-order chi connectivity index (χ1) is 4.63. The first kappa shape index (κ1) is 13.1. The molecule has 64 valence electrons. The molecule has 0 spiro atoms. The average molecular weight is 198 g/mol. The Bertz CT molecular complexity index is 119. The molecule has 0 saturated heterocycles. The van der Waals surface area contributed by atoms with Gasteiger partial charge in [-0.05, 0) is 12.8 Å². The Morgan fingerprint density at radius 2 is 1.18 bits per heavy atom. The number of carbonyl (C=O) groups is 2. The summed E-state index contributed by atoms with van der Waals surface area (Å²) < 4.78 is 0. The Labute approximate surface area is 75.3 Å². The van der Waals surface area contributed by atoms with Crippen LogP contribution >= 0.6 is 0 Å². The fourth-order valence-corrected chi connectivity index (χ4v) is 0.552. The zero-order chi connectivity index (χ0) is 7.98. The van der Waals surface area contributed by atoms with E-state index in [4.69, 9.17) is 10.2 Å². The van der Waals surface area contributed by atoms with Crippen molar-refractivity contribution in [3.8, 4) is 0 Å². The monoisotopic (exact) mass is 198 g/mol. The standard InChI is InChI=1S/C6H10O4.Cr/c7-5(8)3-1-2-4-6(9)10;/h1-4H2,(H,7,8)(H,9,10);. The maximum atomic E-state index is 9.90. The Morgan fingerprint density at radius 1 is 0.909 bits per heavy atom. The van der Waals surface area contributed by atoms with E-state index in [0.29, 0.717) is 12.8 Å². The van der Waals surface area contributed by atoms with E-state index in [9.17, 15) is 9.59 Å². The first-order valence-corrected chi connectivity index (χ1v) is 3.06. The van der Waals surface area contributed by atoms with Gasteiger partial charge >= 0.3 is 11.9 Å². The smallest absolute Gasteiger partial charge is 0.303 e. The van der Waals surface area contributed by atoms with Crippen LogP contribution < -0.4 is 0 Å². The maximum absolute atomic E-state index is 9.90. The summed E-state index contributed by atoms with van der Waals surface area (Å²) in [6.45, 7) is 0. The second kappa shape index (κ2) is 7.58. The van der Waals surface area contributed by atoms with Crippen molar-refractivity contribution < 1.29 is 37.2 Å². The number of rotatable bonds is 5. The molecule has 0 aromatic carbocycles. The van der Waals surface area contributed by atoms with Gasteiger partial charge < -0.3 is 10.2 Å². The molecule has 0 amide bonds.